The largest absolute Gasteiger partial charge is 0.0880 e. The van der Waals surface area contributed by atoms with E-state index < -0.39 is 0 Å². The molecule has 0 radical (unpaired) electrons. The standard InChI is InChI=1S/C11H18/c1-4-10-6-2-7-11(5-1)9-3-8-10/h1,4,10-11H,2-3,5-9H2. The molecule has 3 aliphatic rings. The molecule has 0 amide bonds. The molecule has 1 saturated carbocycles. The third kappa shape index (κ3) is 1.85. The van der Waals surface area contributed by atoms with Crippen LogP contribution in [0.2, 0.25) is 0 Å². The first-order chi connectivity index (χ1) is 5.45. The number of allylic oxidation sites excluding steroid dienone is 2. The fourth-order valence-electron chi connectivity index (χ4n) is 2.52. The molecule has 0 aromatic heterocycles. The predicted octanol–water partition coefficient (Wildman–Crippen LogP) is 3.53. The van der Waals surface area contributed by atoms with E-state index in [0.717, 1.165) is 11.8 Å². The Bertz CT molecular complexity index is 136. The summed E-state index contributed by atoms with van der Waals surface area (Å²) in [7, 11) is 0. The summed E-state index contributed by atoms with van der Waals surface area (Å²) in [6, 6.07) is 0. The fourth-order valence-corrected chi connectivity index (χ4v) is 2.52. The van der Waals surface area contributed by atoms with Crippen LogP contribution in [-0.4, -0.2) is 0 Å². The minimum absolute atomic E-state index is 0.941. The molecular weight excluding hydrogens is 132 g/mol. The normalized spacial score (nSPS) is 37.8. The Balaban J connectivity index is 2.07. The maximum atomic E-state index is 2.48. The van der Waals surface area contributed by atoms with E-state index in [-0.39, 0.29) is 0 Å². The van der Waals surface area contributed by atoms with Crippen LogP contribution in [0.4, 0.5) is 0 Å². The Labute approximate surface area is 69.7 Å². The van der Waals surface area contributed by atoms with Gasteiger partial charge in [0.25, 0.3) is 0 Å². The van der Waals surface area contributed by atoms with E-state index in [9.17, 15) is 0 Å². The molecule has 0 aromatic rings. The van der Waals surface area contributed by atoms with Gasteiger partial charge in [0.05, 0.1) is 0 Å². The number of hydrogen-bond donors (Lipinski definition) is 0. The lowest BCUT2D eigenvalue weighted by Crippen LogP contribution is -2.10. The molecule has 0 aromatic carbocycles. The van der Waals surface area contributed by atoms with Gasteiger partial charge in [-0.25, -0.2) is 0 Å². The molecule has 0 unspecified atom stereocenters. The Hall–Kier alpha value is -0.260. The van der Waals surface area contributed by atoms with Crippen LogP contribution in [0.1, 0.15) is 44.9 Å². The smallest absolute Gasteiger partial charge is 0.0234 e. The Morgan fingerprint density at radius 2 is 1.64 bits per heavy atom. The Kier molecular flexibility index (Phi) is 2.30. The third-order valence-corrected chi connectivity index (χ3v) is 3.25. The zero-order chi connectivity index (χ0) is 7.52. The van der Waals surface area contributed by atoms with Crippen LogP contribution in [0, 0.1) is 11.8 Å². The summed E-state index contributed by atoms with van der Waals surface area (Å²) in [5.74, 6) is 1.98. The number of hydrogen-bond acceptors (Lipinski definition) is 0. The summed E-state index contributed by atoms with van der Waals surface area (Å²) >= 11 is 0. The van der Waals surface area contributed by atoms with Crippen molar-refractivity contribution in [2.75, 3.05) is 0 Å². The second kappa shape index (κ2) is 3.42. The fraction of sp³-hybridized carbons (Fsp3) is 0.818. The molecule has 0 heterocycles. The van der Waals surface area contributed by atoms with Crippen LogP contribution in [-0.2, 0) is 0 Å². The van der Waals surface area contributed by atoms with Crippen molar-refractivity contribution < 1.29 is 0 Å². The van der Waals surface area contributed by atoms with E-state index in [0.29, 0.717) is 0 Å². The van der Waals surface area contributed by atoms with Gasteiger partial charge in [0, 0.05) is 0 Å². The van der Waals surface area contributed by atoms with Crippen molar-refractivity contribution in [3.05, 3.63) is 12.2 Å². The molecule has 0 N–H and O–H groups in total. The van der Waals surface area contributed by atoms with Crippen LogP contribution in [0.3, 0.4) is 0 Å². The molecule has 0 aliphatic heterocycles. The Morgan fingerprint density at radius 3 is 2.36 bits per heavy atom. The predicted molar refractivity (Wildman–Crippen MR) is 48.4 cm³/mol. The van der Waals surface area contributed by atoms with Gasteiger partial charge in [0.15, 0.2) is 0 Å². The van der Waals surface area contributed by atoms with Gasteiger partial charge in [-0.2, -0.15) is 0 Å². The maximum Gasteiger partial charge on any atom is -0.0234 e. The highest BCUT2D eigenvalue weighted by Crippen LogP contribution is 2.31. The summed E-state index contributed by atoms with van der Waals surface area (Å²) in [5.41, 5.74) is 0. The lowest BCUT2D eigenvalue weighted by Gasteiger charge is -2.25. The van der Waals surface area contributed by atoms with Crippen molar-refractivity contribution in [2.24, 2.45) is 11.8 Å². The van der Waals surface area contributed by atoms with Crippen molar-refractivity contribution in [3.63, 3.8) is 0 Å². The average molecular weight is 150 g/mol. The molecule has 62 valence electrons. The van der Waals surface area contributed by atoms with E-state index >= 15 is 0 Å². The minimum Gasteiger partial charge on any atom is -0.0880 e. The van der Waals surface area contributed by atoms with E-state index in [2.05, 4.69) is 12.2 Å². The highest BCUT2D eigenvalue weighted by Gasteiger charge is 2.16. The molecule has 0 atom stereocenters. The zero-order valence-corrected chi connectivity index (χ0v) is 7.26. The molecule has 0 nitrogen and oxygen atoms in total. The van der Waals surface area contributed by atoms with Gasteiger partial charge in [0.1, 0.15) is 0 Å². The van der Waals surface area contributed by atoms with Crippen LogP contribution < -0.4 is 0 Å². The van der Waals surface area contributed by atoms with E-state index in [1.807, 2.05) is 0 Å². The molecule has 0 spiro atoms. The molecule has 3 rings (SSSR count). The topological polar surface area (TPSA) is 0 Å². The summed E-state index contributed by atoms with van der Waals surface area (Å²) in [4.78, 5) is 0. The van der Waals surface area contributed by atoms with Gasteiger partial charge in [-0.05, 0) is 31.1 Å². The molecule has 2 bridgehead atoms. The lowest BCUT2D eigenvalue weighted by molar-refractivity contribution is 0.336. The van der Waals surface area contributed by atoms with E-state index in [4.69, 9.17) is 0 Å². The molecule has 3 aliphatic carbocycles. The highest BCUT2D eigenvalue weighted by molar-refractivity contribution is 4.93. The van der Waals surface area contributed by atoms with E-state index in [1.54, 1.807) is 0 Å². The first-order valence-electron chi connectivity index (χ1n) is 5.12. The van der Waals surface area contributed by atoms with E-state index in [1.165, 1.54) is 44.9 Å². The first kappa shape index (κ1) is 7.39. The Morgan fingerprint density at radius 1 is 0.909 bits per heavy atom. The molecule has 1 fully saturated rings. The van der Waals surface area contributed by atoms with Crippen LogP contribution >= 0.6 is 0 Å². The average Bonchev–Trinajstić information content (AvgIpc) is 1.80. The summed E-state index contributed by atoms with van der Waals surface area (Å²) in [5, 5.41) is 0. The van der Waals surface area contributed by atoms with Crippen LogP contribution in [0.15, 0.2) is 12.2 Å². The third-order valence-electron chi connectivity index (χ3n) is 3.25. The number of fused-ring (bicyclic) bond motifs is 5. The minimum atomic E-state index is 0.941. The van der Waals surface area contributed by atoms with Gasteiger partial charge >= 0.3 is 0 Å². The van der Waals surface area contributed by atoms with Crippen LogP contribution in [0.25, 0.3) is 0 Å². The second-order valence-corrected chi connectivity index (χ2v) is 4.15. The van der Waals surface area contributed by atoms with Gasteiger partial charge in [-0.1, -0.05) is 37.8 Å². The van der Waals surface area contributed by atoms with Gasteiger partial charge in [0.2, 0.25) is 0 Å². The molecule has 0 heteroatoms. The summed E-state index contributed by atoms with van der Waals surface area (Å²) in [6.45, 7) is 0. The second-order valence-electron chi connectivity index (χ2n) is 4.15. The first-order valence-corrected chi connectivity index (χ1v) is 5.12. The monoisotopic (exact) mass is 150 g/mol. The summed E-state index contributed by atoms with van der Waals surface area (Å²) in [6.07, 6.45) is 15.2. The zero-order valence-electron chi connectivity index (χ0n) is 7.26. The van der Waals surface area contributed by atoms with Crippen molar-refractivity contribution >= 4 is 0 Å². The highest BCUT2D eigenvalue weighted by atomic mass is 14.2. The molecule has 0 saturated heterocycles. The van der Waals surface area contributed by atoms with Gasteiger partial charge < -0.3 is 0 Å². The van der Waals surface area contributed by atoms with Crippen molar-refractivity contribution in [1.82, 2.24) is 0 Å². The molecule has 11 heavy (non-hydrogen) atoms. The van der Waals surface area contributed by atoms with Crippen LogP contribution in [0.5, 0.6) is 0 Å². The van der Waals surface area contributed by atoms with Crippen molar-refractivity contribution in [3.8, 4) is 0 Å². The SMILES string of the molecule is C1=CC2CCCC(C1)CCC2. The van der Waals surface area contributed by atoms with Crippen molar-refractivity contribution in [1.29, 1.82) is 0 Å². The summed E-state index contributed by atoms with van der Waals surface area (Å²) < 4.78 is 0. The number of rotatable bonds is 0. The lowest BCUT2D eigenvalue weighted by atomic mass is 9.81. The van der Waals surface area contributed by atoms with Gasteiger partial charge in [-0.15, -0.1) is 0 Å². The quantitative estimate of drug-likeness (QED) is 0.463. The maximum absolute atomic E-state index is 2.48. The van der Waals surface area contributed by atoms with Gasteiger partial charge in [-0.3, -0.25) is 0 Å². The molecular formula is C11H18. The van der Waals surface area contributed by atoms with Crippen molar-refractivity contribution in [2.45, 2.75) is 44.9 Å².